The number of ketones is 2. The second-order valence-electron chi connectivity index (χ2n) is 13.1. The Morgan fingerprint density at radius 2 is 1.54 bits per heavy atom. The summed E-state index contributed by atoms with van der Waals surface area (Å²) in [4.78, 5) is 30.2. The van der Waals surface area contributed by atoms with Crippen molar-refractivity contribution in [2.45, 2.75) is 79.2 Å². The highest BCUT2D eigenvalue weighted by Gasteiger charge is 2.49. The molecule has 0 amide bonds. The van der Waals surface area contributed by atoms with Crippen LogP contribution in [0.4, 0.5) is 4.39 Å². The standard InChI is InChI=1S/C34H39BrFNO4/c1-7-12-37-24-15-33(2,3)17-26(38)30(24)29(31-25(37)16-34(4,5)18-27(31)39)21-13-22(35)32(28(14-21)40-6)41-19-20-10-8-9-11-23(20)36/h8-11,13-14,29H,7,12,15-19H2,1-6H3. The molecule has 2 aliphatic carbocycles. The van der Waals surface area contributed by atoms with Crippen molar-refractivity contribution >= 4 is 27.5 Å². The average Bonchev–Trinajstić information content (AvgIpc) is 2.88. The molecule has 0 saturated heterocycles. The van der Waals surface area contributed by atoms with Crippen molar-refractivity contribution < 1.29 is 23.5 Å². The molecule has 0 unspecified atom stereocenters. The first-order valence-corrected chi connectivity index (χ1v) is 15.2. The summed E-state index contributed by atoms with van der Waals surface area (Å²) in [7, 11) is 1.56. The molecule has 5 rings (SSSR count). The van der Waals surface area contributed by atoms with Crippen LogP contribution < -0.4 is 9.47 Å². The maximum absolute atomic E-state index is 14.3. The fraction of sp³-hybridized carbons (Fsp3) is 0.471. The molecule has 5 nitrogen and oxygen atoms in total. The van der Waals surface area contributed by atoms with Crippen molar-refractivity contribution in [3.8, 4) is 11.5 Å². The number of benzene rings is 2. The first-order chi connectivity index (χ1) is 19.4. The maximum Gasteiger partial charge on any atom is 0.175 e. The van der Waals surface area contributed by atoms with E-state index in [2.05, 4.69) is 55.4 Å². The lowest BCUT2D eigenvalue weighted by atomic mass is 9.63. The molecule has 0 spiro atoms. The van der Waals surface area contributed by atoms with Gasteiger partial charge in [0.25, 0.3) is 0 Å². The zero-order valence-corrected chi connectivity index (χ0v) is 26.4. The van der Waals surface area contributed by atoms with Crippen LogP contribution in [0.5, 0.6) is 11.5 Å². The molecular weight excluding hydrogens is 585 g/mol. The number of carbonyl (C=O) groups is 2. The quantitative estimate of drug-likeness (QED) is 0.311. The van der Waals surface area contributed by atoms with Gasteiger partial charge in [-0.2, -0.15) is 0 Å². The molecule has 41 heavy (non-hydrogen) atoms. The molecule has 1 aliphatic heterocycles. The van der Waals surface area contributed by atoms with E-state index in [0.717, 1.165) is 53.9 Å². The Hall–Kier alpha value is -2.93. The molecule has 2 aromatic rings. The number of ether oxygens (including phenoxy) is 2. The van der Waals surface area contributed by atoms with E-state index < -0.39 is 5.92 Å². The fourth-order valence-corrected chi connectivity index (χ4v) is 7.26. The van der Waals surface area contributed by atoms with Crippen LogP contribution in [-0.4, -0.2) is 30.1 Å². The third kappa shape index (κ3) is 5.62. The van der Waals surface area contributed by atoms with E-state index in [-0.39, 0.29) is 34.8 Å². The molecule has 0 radical (unpaired) electrons. The minimum Gasteiger partial charge on any atom is -0.493 e. The number of halogens is 2. The largest absolute Gasteiger partial charge is 0.493 e. The Labute approximate surface area is 250 Å². The summed E-state index contributed by atoms with van der Waals surface area (Å²) < 4.78 is 26.7. The van der Waals surface area contributed by atoms with Crippen LogP contribution in [0, 0.1) is 16.6 Å². The van der Waals surface area contributed by atoms with Crippen molar-refractivity contribution in [3.05, 3.63) is 80.4 Å². The molecule has 0 saturated carbocycles. The normalized spacial score (nSPS) is 20.2. The van der Waals surface area contributed by atoms with Gasteiger partial charge < -0.3 is 14.4 Å². The van der Waals surface area contributed by atoms with E-state index in [1.54, 1.807) is 25.3 Å². The van der Waals surface area contributed by atoms with Crippen LogP contribution in [0.3, 0.4) is 0 Å². The molecule has 0 N–H and O–H groups in total. The molecule has 0 aromatic heterocycles. The number of rotatable bonds is 7. The molecule has 7 heteroatoms. The predicted octanol–water partition coefficient (Wildman–Crippen LogP) is 8.27. The van der Waals surface area contributed by atoms with Gasteiger partial charge >= 0.3 is 0 Å². The van der Waals surface area contributed by atoms with E-state index in [9.17, 15) is 14.0 Å². The summed E-state index contributed by atoms with van der Waals surface area (Å²) in [6.07, 6.45) is 3.34. The van der Waals surface area contributed by atoms with Gasteiger partial charge in [-0.3, -0.25) is 9.59 Å². The molecular formula is C34H39BrFNO4. The molecule has 0 bridgehead atoms. The van der Waals surface area contributed by atoms with Gasteiger partial charge in [-0.25, -0.2) is 4.39 Å². The predicted molar refractivity (Wildman–Crippen MR) is 161 cm³/mol. The lowest BCUT2D eigenvalue weighted by Gasteiger charge is -2.49. The fourth-order valence-electron chi connectivity index (χ4n) is 6.69. The Morgan fingerprint density at radius 1 is 0.951 bits per heavy atom. The minimum absolute atomic E-state index is 0.0299. The highest BCUT2D eigenvalue weighted by atomic mass is 79.9. The van der Waals surface area contributed by atoms with Crippen molar-refractivity contribution in [3.63, 3.8) is 0 Å². The Balaban J connectivity index is 1.66. The van der Waals surface area contributed by atoms with Gasteiger partial charge in [0.05, 0.1) is 11.6 Å². The monoisotopic (exact) mass is 623 g/mol. The van der Waals surface area contributed by atoms with Crippen LogP contribution in [0.25, 0.3) is 0 Å². The summed E-state index contributed by atoms with van der Waals surface area (Å²) >= 11 is 3.67. The SMILES string of the molecule is CCCN1C2=C(C(=O)CC(C)(C)C2)C(c2cc(Br)c(OCc3ccccc3F)c(OC)c2)C2=C1CC(C)(C)CC2=O. The van der Waals surface area contributed by atoms with Crippen molar-refractivity contribution in [1.29, 1.82) is 0 Å². The van der Waals surface area contributed by atoms with Crippen LogP contribution in [0.1, 0.15) is 83.8 Å². The number of hydrogen-bond donors (Lipinski definition) is 0. The van der Waals surface area contributed by atoms with E-state index in [1.165, 1.54) is 6.07 Å². The third-order valence-corrected chi connectivity index (χ3v) is 8.97. The summed E-state index contributed by atoms with van der Waals surface area (Å²) in [6.45, 7) is 11.5. The molecule has 1 heterocycles. The zero-order valence-electron chi connectivity index (χ0n) is 24.8. The maximum atomic E-state index is 14.3. The highest BCUT2D eigenvalue weighted by Crippen LogP contribution is 2.55. The van der Waals surface area contributed by atoms with Gasteiger partial charge in [0.1, 0.15) is 12.4 Å². The lowest BCUT2D eigenvalue weighted by molar-refractivity contribution is -0.119. The molecule has 2 aromatic carbocycles. The lowest BCUT2D eigenvalue weighted by Crippen LogP contribution is -2.44. The summed E-state index contributed by atoms with van der Waals surface area (Å²) in [5.74, 6) is 0.278. The minimum atomic E-state index is -0.480. The topological polar surface area (TPSA) is 55.8 Å². The van der Waals surface area contributed by atoms with Crippen molar-refractivity contribution in [2.75, 3.05) is 13.7 Å². The van der Waals surface area contributed by atoms with Crippen LogP contribution >= 0.6 is 15.9 Å². The summed E-state index contributed by atoms with van der Waals surface area (Å²) in [6, 6.07) is 10.3. The van der Waals surface area contributed by atoms with Crippen LogP contribution in [0.2, 0.25) is 0 Å². The summed E-state index contributed by atoms with van der Waals surface area (Å²) in [5, 5.41) is 0. The van der Waals surface area contributed by atoms with Gasteiger partial charge in [0.15, 0.2) is 23.1 Å². The first-order valence-electron chi connectivity index (χ1n) is 14.4. The number of methoxy groups -OCH3 is 1. The molecule has 218 valence electrons. The van der Waals surface area contributed by atoms with E-state index in [1.807, 2.05) is 12.1 Å². The van der Waals surface area contributed by atoms with Crippen LogP contribution in [-0.2, 0) is 16.2 Å². The molecule has 0 atom stereocenters. The molecule has 0 fully saturated rings. The van der Waals surface area contributed by atoms with Gasteiger partial charge in [-0.1, -0.05) is 52.8 Å². The Morgan fingerprint density at radius 3 is 2.07 bits per heavy atom. The van der Waals surface area contributed by atoms with Crippen molar-refractivity contribution in [2.24, 2.45) is 10.8 Å². The number of carbonyl (C=O) groups excluding carboxylic acids is 2. The van der Waals surface area contributed by atoms with Crippen molar-refractivity contribution in [1.82, 2.24) is 4.90 Å². The van der Waals surface area contributed by atoms with Gasteiger partial charge in [-0.15, -0.1) is 0 Å². The number of allylic oxidation sites excluding steroid dienone is 4. The van der Waals surface area contributed by atoms with Gasteiger partial charge in [0, 0.05) is 53.4 Å². The third-order valence-electron chi connectivity index (χ3n) is 8.38. The smallest absolute Gasteiger partial charge is 0.175 e. The first kappa shape index (κ1) is 29.6. The van der Waals surface area contributed by atoms with E-state index in [4.69, 9.17) is 9.47 Å². The highest BCUT2D eigenvalue weighted by molar-refractivity contribution is 9.10. The summed E-state index contributed by atoms with van der Waals surface area (Å²) in [5.41, 5.74) is 4.49. The van der Waals surface area contributed by atoms with E-state index in [0.29, 0.717) is 34.4 Å². The number of hydrogen-bond acceptors (Lipinski definition) is 5. The second-order valence-corrected chi connectivity index (χ2v) is 14.0. The zero-order chi connectivity index (χ0) is 29.7. The van der Waals surface area contributed by atoms with E-state index >= 15 is 0 Å². The van der Waals surface area contributed by atoms with Gasteiger partial charge in [-0.05, 0) is 69.8 Å². The van der Waals surface area contributed by atoms with Gasteiger partial charge in [0.2, 0.25) is 0 Å². The Kier molecular flexibility index (Phi) is 7.97. The van der Waals surface area contributed by atoms with Crippen LogP contribution in [0.15, 0.2) is 63.4 Å². The number of Topliss-reactive ketones (excluding diaryl/α,β-unsaturated/α-hetero) is 2. The Bertz CT molecular complexity index is 1420. The number of nitrogens with zero attached hydrogens (tertiary/aromatic N) is 1. The average molecular weight is 625 g/mol. The second kappa shape index (κ2) is 11.0. The molecule has 3 aliphatic rings.